The maximum Gasteiger partial charge on any atom is 0.264 e. The van der Waals surface area contributed by atoms with Crippen LogP contribution in [0.25, 0.3) is 10.1 Å². The van der Waals surface area contributed by atoms with Gasteiger partial charge in [0.25, 0.3) is 5.91 Å². The molecule has 0 atom stereocenters. The Labute approximate surface area is 209 Å². The molecule has 6 rings (SSSR count). The second kappa shape index (κ2) is 9.36. The number of fused-ring (bicyclic) bond motifs is 2. The van der Waals surface area contributed by atoms with Crippen molar-refractivity contribution in [2.24, 2.45) is 0 Å². The highest BCUT2D eigenvalue weighted by Gasteiger charge is 2.27. The summed E-state index contributed by atoms with van der Waals surface area (Å²) in [4.78, 5) is 19.0. The van der Waals surface area contributed by atoms with Gasteiger partial charge in [-0.3, -0.25) is 9.69 Å². The van der Waals surface area contributed by atoms with Gasteiger partial charge >= 0.3 is 0 Å². The summed E-state index contributed by atoms with van der Waals surface area (Å²) in [5.74, 6) is 1.80. The highest BCUT2D eigenvalue weighted by Crippen LogP contribution is 2.35. The molecule has 2 aliphatic heterocycles. The van der Waals surface area contributed by atoms with Crippen LogP contribution in [0.1, 0.15) is 31.9 Å². The lowest BCUT2D eigenvalue weighted by Gasteiger charge is -2.34. The third-order valence-corrected chi connectivity index (χ3v) is 8.10. The van der Waals surface area contributed by atoms with Crippen molar-refractivity contribution in [3.8, 4) is 11.5 Å². The Morgan fingerprint density at radius 1 is 0.886 bits per heavy atom. The fraction of sp³-hybridized carbons (Fsp3) is 0.276. The number of amides is 1. The van der Waals surface area contributed by atoms with Crippen molar-refractivity contribution >= 4 is 27.3 Å². The second-order valence-electron chi connectivity index (χ2n) is 9.32. The number of benzene rings is 3. The van der Waals surface area contributed by atoms with E-state index < -0.39 is 0 Å². The minimum atomic E-state index is 0.163. The predicted octanol–water partition coefficient (Wildman–Crippen LogP) is 5.49. The number of piperazine rings is 1. The molecule has 4 aromatic rings. The van der Waals surface area contributed by atoms with Gasteiger partial charge in [0.2, 0.25) is 6.79 Å². The van der Waals surface area contributed by atoms with E-state index in [1.54, 1.807) is 11.3 Å². The number of carbonyl (C=O) groups excluding carboxylic acids is 1. The number of aryl methyl sites for hydroxylation is 1. The van der Waals surface area contributed by atoms with Crippen molar-refractivity contribution in [3.05, 3.63) is 93.9 Å². The second-order valence-corrected chi connectivity index (χ2v) is 10.4. The van der Waals surface area contributed by atoms with Crippen LogP contribution in [0.4, 0.5) is 0 Å². The van der Waals surface area contributed by atoms with Gasteiger partial charge < -0.3 is 14.4 Å². The van der Waals surface area contributed by atoms with Gasteiger partial charge in [0.05, 0.1) is 4.88 Å². The van der Waals surface area contributed by atoms with E-state index in [2.05, 4.69) is 72.5 Å². The fourth-order valence-corrected chi connectivity index (χ4v) is 6.10. The summed E-state index contributed by atoms with van der Waals surface area (Å²) in [7, 11) is 0. The van der Waals surface area contributed by atoms with Crippen molar-refractivity contribution in [3.63, 3.8) is 0 Å². The molecular weight excluding hydrogens is 456 g/mol. The van der Waals surface area contributed by atoms with Gasteiger partial charge in [-0.25, -0.2) is 0 Å². The van der Waals surface area contributed by atoms with Gasteiger partial charge in [0, 0.05) is 37.4 Å². The van der Waals surface area contributed by atoms with Crippen molar-refractivity contribution in [1.82, 2.24) is 9.80 Å². The predicted molar refractivity (Wildman–Crippen MR) is 140 cm³/mol. The highest BCUT2D eigenvalue weighted by molar-refractivity contribution is 7.21. The summed E-state index contributed by atoms with van der Waals surface area (Å²) in [6.07, 6.45) is 0.773. The molecule has 1 amide bonds. The van der Waals surface area contributed by atoms with E-state index in [1.807, 2.05) is 11.0 Å². The van der Waals surface area contributed by atoms with Gasteiger partial charge in [0.1, 0.15) is 0 Å². The maximum absolute atomic E-state index is 13.7. The molecule has 0 spiro atoms. The molecule has 0 aliphatic carbocycles. The Bertz CT molecular complexity index is 1370. The van der Waals surface area contributed by atoms with Gasteiger partial charge in [0.15, 0.2) is 11.5 Å². The first-order valence-electron chi connectivity index (χ1n) is 12.1. The van der Waals surface area contributed by atoms with Crippen LogP contribution in [0.5, 0.6) is 11.5 Å². The van der Waals surface area contributed by atoms with Gasteiger partial charge in [-0.05, 0) is 53.6 Å². The number of hydrogen-bond acceptors (Lipinski definition) is 5. The molecule has 35 heavy (non-hydrogen) atoms. The number of ether oxygens (including phenoxy) is 2. The first-order chi connectivity index (χ1) is 17.1. The van der Waals surface area contributed by atoms with Gasteiger partial charge in [-0.1, -0.05) is 54.1 Å². The molecule has 1 fully saturated rings. The standard InChI is InChI=1S/C29H28N2O3S/c1-20-6-8-21(9-7-20)16-24-23-4-2-3-5-27(23)35-28(24)29(32)31-14-12-30(13-15-31)18-22-10-11-25-26(17-22)34-19-33-25/h2-11,17H,12-16,18-19H2,1H3. The van der Waals surface area contributed by atoms with Crippen LogP contribution in [0.3, 0.4) is 0 Å². The lowest BCUT2D eigenvalue weighted by molar-refractivity contribution is 0.0632. The van der Waals surface area contributed by atoms with Gasteiger partial charge in [-0.15, -0.1) is 11.3 Å². The van der Waals surface area contributed by atoms with Crippen LogP contribution in [-0.4, -0.2) is 48.7 Å². The number of rotatable bonds is 5. The Morgan fingerprint density at radius 2 is 1.63 bits per heavy atom. The minimum absolute atomic E-state index is 0.163. The topological polar surface area (TPSA) is 42.0 Å². The highest BCUT2D eigenvalue weighted by atomic mass is 32.1. The molecule has 2 aliphatic rings. The number of hydrogen-bond donors (Lipinski definition) is 0. The summed E-state index contributed by atoms with van der Waals surface area (Å²) in [6.45, 7) is 6.44. The summed E-state index contributed by atoms with van der Waals surface area (Å²) in [5.41, 5.74) is 4.85. The van der Waals surface area contributed by atoms with E-state index in [9.17, 15) is 4.79 Å². The quantitative estimate of drug-likeness (QED) is 0.376. The summed E-state index contributed by atoms with van der Waals surface area (Å²) in [6, 6.07) is 23.2. The van der Waals surface area contributed by atoms with E-state index in [-0.39, 0.29) is 5.91 Å². The van der Waals surface area contributed by atoms with Crippen molar-refractivity contribution in [2.45, 2.75) is 19.9 Å². The molecule has 0 radical (unpaired) electrons. The molecule has 5 nitrogen and oxygen atoms in total. The zero-order valence-corrected chi connectivity index (χ0v) is 20.6. The third-order valence-electron chi connectivity index (χ3n) is 6.90. The first-order valence-corrected chi connectivity index (χ1v) is 12.9. The van der Waals surface area contributed by atoms with Crippen molar-refractivity contribution in [2.75, 3.05) is 33.0 Å². The van der Waals surface area contributed by atoms with Crippen molar-refractivity contribution in [1.29, 1.82) is 0 Å². The first kappa shape index (κ1) is 22.1. The molecule has 1 saturated heterocycles. The Balaban J connectivity index is 1.17. The van der Waals surface area contributed by atoms with Crippen LogP contribution in [-0.2, 0) is 13.0 Å². The number of thiophene rings is 1. The SMILES string of the molecule is Cc1ccc(Cc2c(C(=O)N3CCN(Cc4ccc5c(c4)OCO5)CC3)sc3ccccc23)cc1. The average Bonchev–Trinajstić information content (AvgIpc) is 3.50. The van der Waals surface area contributed by atoms with Crippen LogP contribution in [0, 0.1) is 6.92 Å². The number of carbonyl (C=O) groups is 1. The van der Waals surface area contributed by atoms with Crippen LogP contribution in [0.15, 0.2) is 66.7 Å². The zero-order valence-electron chi connectivity index (χ0n) is 19.8. The summed E-state index contributed by atoms with van der Waals surface area (Å²) >= 11 is 1.63. The van der Waals surface area contributed by atoms with E-state index in [0.717, 1.165) is 61.1 Å². The van der Waals surface area contributed by atoms with E-state index >= 15 is 0 Å². The lowest BCUT2D eigenvalue weighted by atomic mass is 10.0. The average molecular weight is 485 g/mol. The third kappa shape index (κ3) is 4.51. The van der Waals surface area contributed by atoms with Crippen LogP contribution >= 0.6 is 11.3 Å². The van der Waals surface area contributed by atoms with Crippen LogP contribution < -0.4 is 9.47 Å². The Hall–Kier alpha value is -3.35. The van der Waals surface area contributed by atoms with E-state index in [0.29, 0.717) is 6.79 Å². The Kier molecular flexibility index (Phi) is 5.92. The summed E-state index contributed by atoms with van der Waals surface area (Å²) in [5, 5.41) is 1.20. The summed E-state index contributed by atoms with van der Waals surface area (Å²) < 4.78 is 12.1. The molecule has 6 heteroatoms. The normalized spacial score (nSPS) is 15.6. The zero-order chi connectivity index (χ0) is 23.8. The Morgan fingerprint density at radius 3 is 2.46 bits per heavy atom. The monoisotopic (exact) mass is 484 g/mol. The molecule has 0 bridgehead atoms. The molecule has 3 heterocycles. The minimum Gasteiger partial charge on any atom is -0.454 e. The molecular formula is C29H28N2O3S. The fourth-order valence-electron chi connectivity index (χ4n) is 4.91. The molecule has 1 aromatic heterocycles. The van der Waals surface area contributed by atoms with E-state index in [1.165, 1.54) is 26.8 Å². The lowest BCUT2D eigenvalue weighted by Crippen LogP contribution is -2.48. The molecule has 178 valence electrons. The molecule has 0 unspecified atom stereocenters. The molecule has 3 aromatic carbocycles. The maximum atomic E-state index is 13.7. The van der Waals surface area contributed by atoms with Crippen LogP contribution in [0.2, 0.25) is 0 Å². The molecule has 0 saturated carbocycles. The smallest absolute Gasteiger partial charge is 0.264 e. The van der Waals surface area contributed by atoms with Crippen molar-refractivity contribution < 1.29 is 14.3 Å². The largest absolute Gasteiger partial charge is 0.454 e. The molecule has 0 N–H and O–H groups in total. The number of nitrogens with zero attached hydrogens (tertiary/aromatic N) is 2. The van der Waals surface area contributed by atoms with E-state index in [4.69, 9.17) is 9.47 Å². The van der Waals surface area contributed by atoms with Gasteiger partial charge in [-0.2, -0.15) is 0 Å².